The lowest BCUT2D eigenvalue weighted by Gasteiger charge is -2.07. The summed E-state index contributed by atoms with van der Waals surface area (Å²) in [7, 11) is 0. The molecule has 0 fully saturated rings. The van der Waals surface area contributed by atoms with Gasteiger partial charge in [-0.2, -0.15) is 0 Å². The van der Waals surface area contributed by atoms with Crippen LogP contribution in [0, 0.1) is 0 Å². The maximum absolute atomic E-state index is 9.86. The van der Waals surface area contributed by atoms with Gasteiger partial charge in [-0.25, -0.2) is 0 Å². The average molecular weight is 332 g/mol. The Hall–Kier alpha value is -2.58. The van der Waals surface area contributed by atoms with Crippen molar-refractivity contribution in [2.24, 2.45) is 0 Å². The number of hydrogen-bond acceptors (Lipinski definition) is 2. The maximum atomic E-state index is 9.86. The lowest BCUT2D eigenvalue weighted by atomic mass is 10.0. The van der Waals surface area contributed by atoms with Gasteiger partial charge in [0.25, 0.3) is 0 Å². The number of para-hydroxylation sites is 1. The normalized spacial score (nSPS) is 10.7. The zero-order chi connectivity index (χ0) is 17.3. The van der Waals surface area contributed by atoms with Crippen LogP contribution in [0.15, 0.2) is 78.9 Å². The van der Waals surface area contributed by atoms with Gasteiger partial charge in [-0.05, 0) is 41.2 Å². The smallest absolute Gasteiger partial charge is 0.119 e. The number of phenols is 1. The molecule has 1 N–H and O–H groups in total. The van der Waals surface area contributed by atoms with Gasteiger partial charge in [0, 0.05) is 13.0 Å². The molecule has 0 heterocycles. The predicted octanol–water partition coefficient (Wildman–Crippen LogP) is 5.13. The van der Waals surface area contributed by atoms with Gasteiger partial charge in [0.05, 0.1) is 6.61 Å². The molecule has 0 saturated heterocycles. The second-order valence-electron chi connectivity index (χ2n) is 6.26. The fourth-order valence-corrected chi connectivity index (χ4v) is 2.85. The summed E-state index contributed by atoms with van der Waals surface area (Å²) in [5.41, 5.74) is 4.72. The minimum atomic E-state index is 0.363. The molecule has 2 nitrogen and oxygen atoms in total. The second-order valence-corrected chi connectivity index (χ2v) is 6.26. The molecule has 3 rings (SSSR count). The van der Waals surface area contributed by atoms with Gasteiger partial charge in [0.15, 0.2) is 0 Å². The maximum Gasteiger partial charge on any atom is 0.119 e. The van der Waals surface area contributed by atoms with Crippen molar-refractivity contribution in [3.8, 4) is 5.75 Å². The van der Waals surface area contributed by atoms with Crippen LogP contribution in [-0.4, -0.2) is 11.7 Å². The highest BCUT2D eigenvalue weighted by atomic mass is 16.5. The molecule has 3 aromatic rings. The van der Waals surface area contributed by atoms with E-state index in [-0.39, 0.29) is 0 Å². The zero-order valence-electron chi connectivity index (χ0n) is 14.4. The van der Waals surface area contributed by atoms with Crippen LogP contribution in [0.2, 0.25) is 0 Å². The fourth-order valence-electron chi connectivity index (χ4n) is 2.85. The summed E-state index contributed by atoms with van der Waals surface area (Å²) >= 11 is 0. The van der Waals surface area contributed by atoms with Gasteiger partial charge in [-0.15, -0.1) is 0 Å². The van der Waals surface area contributed by atoms with Gasteiger partial charge >= 0.3 is 0 Å². The fraction of sp³-hybridized carbons (Fsp3) is 0.217. The van der Waals surface area contributed by atoms with E-state index in [4.69, 9.17) is 4.74 Å². The molecule has 0 bridgehead atoms. The highest BCUT2D eigenvalue weighted by molar-refractivity contribution is 5.37. The number of phenolic OH excluding ortho intramolecular Hbond substituents is 1. The van der Waals surface area contributed by atoms with E-state index in [0.29, 0.717) is 12.4 Å². The van der Waals surface area contributed by atoms with E-state index in [1.165, 1.54) is 16.7 Å². The lowest BCUT2D eigenvalue weighted by molar-refractivity contribution is 0.118. The molecule has 25 heavy (non-hydrogen) atoms. The first-order valence-corrected chi connectivity index (χ1v) is 8.77. The zero-order valence-corrected chi connectivity index (χ0v) is 14.4. The highest BCUT2D eigenvalue weighted by Crippen LogP contribution is 2.20. The van der Waals surface area contributed by atoms with E-state index >= 15 is 0 Å². The van der Waals surface area contributed by atoms with Gasteiger partial charge in [-0.3, -0.25) is 0 Å². The Balaban J connectivity index is 1.41. The number of hydrogen-bond donors (Lipinski definition) is 1. The molecule has 0 saturated carbocycles. The summed E-state index contributed by atoms with van der Waals surface area (Å²) < 4.78 is 5.73. The van der Waals surface area contributed by atoms with Crippen LogP contribution in [-0.2, 0) is 24.2 Å². The van der Waals surface area contributed by atoms with E-state index in [0.717, 1.165) is 31.4 Å². The third kappa shape index (κ3) is 5.47. The van der Waals surface area contributed by atoms with Crippen LogP contribution in [0.1, 0.15) is 28.7 Å². The SMILES string of the molecule is Oc1ccccc1Cc1ccc(CCCOCc2ccccc2)cc1. The Labute approximate surface area is 149 Å². The van der Waals surface area contributed by atoms with Crippen molar-refractivity contribution in [1.82, 2.24) is 0 Å². The third-order valence-corrected chi connectivity index (χ3v) is 4.27. The molecule has 128 valence electrons. The van der Waals surface area contributed by atoms with Crippen LogP contribution in [0.4, 0.5) is 0 Å². The topological polar surface area (TPSA) is 29.5 Å². The van der Waals surface area contributed by atoms with Crippen LogP contribution in [0.5, 0.6) is 5.75 Å². The Morgan fingerprint density at radius 1 is 0.680 bits per heavy atom. The van der Waals surface area contributed by atoms with Crippen LogP contribution in [0.25, 0.3) is 0 Å². The largest absolute Gasteiger partial charge is 0.508 e. The molecule has 0 aliphatic rings. The van der Waals surface area contributed by atoms with Gasteiger partial charge < -0.3 is 9.84 Å². The van der Waals surface area contributed by atoms with Crippen molar-refractivity contribution in [2.45, 2.75) is 25.9 Å². The summed E-state index contributed by atoms with van der Waals surface area (Å²) in [6.45, 7) is 1.45. The molecule has 0 amide bonds. The first kappa shape index (κ1) is 17.2. The summed E-state index contributed by atoms with van der Waals surface area (Å²) in [5, 5.41) is 9.86. The Bertz CT molecular complexity index is 764. The highest BCUT2D eigenvalue weighted by Gasteiger charge is 2.02. The number of benzene rings is 3. The van der Waals surface area contributed by atoms with Crippen molar-refractivity contribution >= 4 is 0 Å². The summed E-state index contributed by atoms with van der Waals surface area (Å²) in [4.78, 5) is 0. The number of rotatable bonds is 8. The number of aromatic hydroxyl groups is 1. The number of aryl methyl sites for hydroxylation is 1. The first-order valence-electron chi connectivity index (χ1n) is 8.77. The molecule has 0 radical (unpaired) electrons. The second kappa shape index (κ2) is 9.05. The molecule has 0 spiro atoms. The van der Waals surface area contributed by atoms with Crippen LogP contribution >= 0.6 is 0 Å². The predicted molar refractivity (Wildman–Crippen MR) is 102 cm³/mol. The Morgan fingerprint density at radius 3 is 2.12 bits per heavy atom. The lowest BCUT2D eigenvalue weighted by Crippen LogP contribution is -1.97. The van der Waals surface area contributed by atoms with E-state index in [9.17, 15) is 5.11 Å². The molecule has 0 aliphatic heterocycles. The van der Waals surface area contributed by atoms with Crippen molar-refractivity contribution in [2.75, 3.05) is 6.61 Å². The van der Waals surface area contributed by atoms with Crippen molar-refractivity contribution in [1.29, 1.82) is 0 Å². The summed E-state index contributed by atoms with van der Waals surface area (Å²) in [6, 6.07) is 26.4. The van der Waals surface area contributed by atoms with E-state index < -0.39 is 0 Å². The van der Waals surface area contributed by atoms with Crippen molar-refractivity contribution in [3.63, 3.8) is 0 Å². The monoisotopic (exact) mass is 332 g/mol. The van der Waals surface area contributed by atoms with Gasteiger partial charge in [-0.1, -0.05) is 72.8 Å². The quantitative estimate of drug-likeness (QED) is 0.579. The summed E-state index contributed by atoms with van der Waals surface area (Å²) in [5.74, 6) is 0.363. The van der Waals surface area contributed by atoms with Crippen molar-refractivity contribution < 1.29 is 9.84 Å². The molecule has 2 heteroatoms. The molecule has 0 aliphatic carbocycles. The van der Waals surface area contributed by atoms with Gasteiger partial charge in [0.1, 0.15) is 5.75 Å². The number of ether oxygens (including phenoxy) is 1. The van der Waals surface area contributed by atoms with Crippen LogP contribution < -0.4 is 0 Å². The molecule has 3 aromatic carbocycles. The molecular weight excluding hydrogens is 308 g/mol. The first-order chi connectivity index (χ1) is 12.3. The molecular formula is C23H24O2. The standard InChI is InChI=1S/C23H24O2/c24-23-11-5-4-10-22(23)17-20-14-12-19(13-15-20)9-6-16-25-18-21-7-2-1-3-8-21/h1-5,7-8,10-15,24H,6,9,16-18H2. The molecule has 0 unspecified atom stereocenters. The van der Waals surface area contributed by atoms with Crippen LogP contribution in [0.3, 0.4) is 0 Å². The van der Waals surface area contributed by atoms with E-state index in [2.05, 4.69) is 36.4 Å². The Kier molecular flexibility index (Phi) is 6.24. The Morgan fingerprint density at radius 2 is 1.36 bits per heavy atom. The summed E-state index contributed by atoms with van der Waals surface area (Å²) in [6.07, 6.45) is 2.80. The minimum absolute atomic E-state index is 0.363. The average Bonchev–Trinajstić information content (AvgIpc) is 2.65. The van der Waals surface area contributed by atoms with Gasteiger partial charge in [0.2, 0.25) is 0 Å². The molecule has 0 aromatic heterocycles. The minimum Gasteiger partial charge on any atom is -0.508 e. The van der Waals surface area contributed by atoms with E-state index in [1.807, 2.05) is 36.4 Å². The van der Waals surface area contributed by atoms with E-state index in [1.54, 1.807) is 6.07 Å². The van der Waals surface area contributed by atoms with Crippen molar-refractivity contribution in [3.05, 3.63) is 101 Å². The molecule has 0 atom stereocenters. The third-order valence-electron chi connectivity index (χ3n) is 4.27.